The maximum atomic E-state index is 5.37. The number of H-pyrrole nitrogens is 1. The Hall–Kier alpha value is -0.940. The van der Waals surface area contributed by atoms with Crippen LogP contribution in [0.5, 0.6) is 0 Å². The molecule has 60 valence electrons. The first-order valence-electron chi connectivity index (χ1n) is 3.73. The zero-order chi connectivity index (χ0) is 7.68. The maximum Gasteiger partial charge on any atom is 0.101 e. The second-order valence-corrected chi connectivity index (χ2v) is 2.88. The van der Waals surface area contributed by atoms with Crippen LogP contribution in [-0.2, 0) is 0 Å². The van der Waals surface area contributed by atoms with Crippen LogP contribution in [0.25, 0.3) is 0 Å². The van der Waals surface area contributed by atoms with Crippen LogP contribution < -0.4 is 11.3 Å². The van der Waals surface area contributed by atoms with Gasteiger partial charge in [0.2, 0.25) is 0 Å². The summed E-state index contributed by atoms with van der Waals surface area (Å²) in [5, 5.41) is 10.3. The summed E-state index contributed by atoms with van der Waals surface area (Å²) in [4.78, 5) is 0. The fourth-order valence-corrected chi connectivity index (χ4v) is 1.25. The monoisotopic (exact) mass is 153 g/mol. The molecule has 0 spiro atoms. The van der Waals surface area contributed by atoms with E-state index in [0.717, 1.165) is 5.69 Å². The molecule has 1 atom stereocenters. The molecule has 0 amide bonds. The summed E-state index contributed by atoms with van der Waals surface area (Å²) in [6, 6.07) is 0.189. The Morgan fingerprint density at radius 1 is 1.73 bits per heavy atom. The first-order chi connectivity index (χ1) is 5.42. The van der Waals surface area contributed by atoms with Gasteiger partial charge in [0.25, 0.3) is 0 Å². The first-order valence-corrected chi connectivity index (χ1v) is 3.73. The van der Waals surface area contributed by atoms with E-state index < -0.39 is 0 Å². The molecule has 2 rings (SSSR count). The van der Waals surface area contributed by atoms with E-state index in [1.54, 1.807) is 6.20 Å². The fraction of sp³-hybridized carbons (Fsp3) is 0.667. The van der Waals surface area contributed by atoms with E-state index in [-0.39, 0.29) is 6.04 Å². The number of aromatic nitrogens is 3. The molecule has 0 bridgehead atoms. The van der Waals surface area contributed by atoms with Gasteiger partial charge in [-0.2, -0.15) is 15.4 Å². The van der Waals surface area contributed by atoms with Crippen molar-refractivity contribution in [2.45, 2.75) is 18.9 Å². The average molecular weight is 153 g/mol. The molecule has 0 aromatic carbocycles. The van der Waals surface area contributed by atoms with Crippen molar-refractivity contribution in [3.05, 3.63) is 11.9 Å². The molecule has 1 aromatic rings. The van der Waals surface area contributed by atoms with Gasteiger partial charge >= 0.3 is 0 Å². The number of rotatable bonds is 3. The van der Waals surface area contributed by atoms with E-state index in [0.29, 0.717) is 5.92 Å². The SMILES string of the molecule is NNC(c1cn[nH]n1)C1CC1. The smallest absolute Gasteiger partial charge is 0.101 e. The molecule has 1 aliphatic rings. The Labute approximate surface area is 64.3 Å². The molecule has 5 nitrogen and oxygen atoms in total. The minimum absolute atomic E-state index is 0.189. The van der Waals surface area contributed by atoms with Gasteiger partial charge in [0.15, 0.2) is 0 Å². The van der Waals surface area contributed by atoms with Gasteiger partial charge < -0.3 is 0 Å². The van der Waals surface area contributed by atoms with Crippen molar-refractivity contribution in [3.8, 4) is 0 Å². The van der Waals surface area contributed by atoms with E-state index in [4.69, 9.17) is 5.84 Å². The van der Waals surface area contributed by atoms with Crippen LogP contribution in [0.1, 0.15) is 24.6 Å². The normalized spacial score (nSPS) is 20.1. The second kappa shape index (κ2) is 2.60. The van der Waals surface area contributed by atoms with Crippen LogP contribution in [0.15, 0.2) is 6.20 Å². The van der Waals surface area contributed by atoms with Gasteiger partial charge in [-0.1, -0.05) is 0 Å². The summed E-state index contributed by atoms with van der Waals surface area (Å²) >= 11 is 0. The van der Waals surface area contributed by atoms with Crippen molar-refractivity contribution in [3.63, 3.8) is 0 Å². The van der Waals surface area contributed by atoms with Gasteiger partial charge in [-0.25, -0.2) is 0 Å². The lowest BCUT2D eigenvalue weighted by atomic mass is 10.1. The highest BCUT2D eigenvalue weighted by Crippen LogP contribution is 2.39. The van der Waals surface area contributed by atoms with Crippen molar-refractivity contribution in [1.29, 1.82) is 0 Å². The summed E-state index contributed by atoms with van der Waals surface area (Å²) in [5.41, 5.74) is 3.66. The predicted molar refractivity (Wildman–Crippen MR) is 39.2 cm³/mol. The Balaban J connectivity index is 2.11. The van der Waals surface area contributed by atoms with Gasteiger partial charge in [0.05, 0.1) is 12.2 Å². The van der Waals surface area contributed by atoms with Gasteiger partial charge in [0.1, 0.15) is 5.69 Å². The van der Waals surface area contributed by atoms with Crippen molar-refractivity contribution >= 4 is 0 Å². The lowest BCUT2D eigenvalue weighted by Gasteiger charge is -2.09. The summed E-state index contributed by atoms with van der Waals surface area (Å²) in [5.74, 6) is 6.03. The van der Waals surface area contributed by atoms with Gasteiger partial charge in [-0.05, 0) is 18.8 Å². The summed E-state index contributed by atoms with van der Waals surface area (Å²) in [6.07, 6.45) is 4.19. The second-order valence-electron chi connectivity index (χ2n) is 2.88. The van der Waals surface area contributed by atoms with Crippen LogP contribution in [0, 0.1) is 5.92 Å². The lowest BCUT2D eigenvalue weighted by molar-refractivity contribution is 0.484. The van der Waals surface area contributed by atoms with E-state index >= 15 is 0 Å². The molecule has 11 heavy (non-hydrogen) atoms. The van der Waals surface area contributed by atoms with Crippen LogP contribution >= 0.6 is 0 Å². The molecule has 1 saturated carbocycles. The predicted octanol–water partition coefficient (Wildman–Crippen LogP) is -0.281. The van der Waals surface area contributed by atoms with Gasteiger partial charge in [0, 0.05) is 0 Å². The first kappa shape index (κ1) is 6.75. The number of hydrogen-bond donors (Lipinski definition) is 3. The van der Waals surface area contributed by atoms with Crippen molar-refractivity contribution in [1.82, 2.24) is 20.8 Å². The van der Waals surface area contributed by atoms with Gasteiger partial charge in [-0.3, -0.25) is 11.3 Å². The molecule has 1 unspecified atom stereocenters. The zero-order valence-corrected chi connectivity index (χ0v) is 6.12. The van der Waals surface area contributed by atoms with Gasteiger partial charge in [-0.15, -0.1) is 0 Å². The average Bonchev–Trinajstić information content (AvgIpc) is 2.68. The molecule has 4 N–H and O–H groups in total. The molecule has 0 aliphatic heterocycles. The quantitative estimate of drug-likeness (QED) is 0.412. The molecule has 1 aromatic heterocycles. The largest absolute Gasteiger partial charge is 0.271 e. The third kappa shape index (κ3) is 1.24. The maximum absolute atomic E-state index is 5.37. The van der Waals surface area contributed by atoms with Crippen LogP contribution in [0.2, 0.25) is 0 Å². The molecular weight excluding hydrogens is 142 g/mol. The Kier molecular flexibility index (Phi) is 1.59. The summed E-state index contributed by atoms with van der Waals surface area (Å²) in [6.45, 7) is 0. The fourth-order valence-electron chi connectivity index (χ4n) is 1.25. The minimum Gasteiger partial charge on any atom is -0.271 e. The molecular formula is C6H11N5. The molecule has 0 radical (unpaired) electrons. The number of nitrogens with two attached hydrogens (primary N) is 1. The van der Waals surface area contributed by atoms with Crippen molar-refractivity contribution in [2.24, 2.45) is 11.8 Å². The van der Waals surface area contributed by atoms with E-state index in [1.807, 2.05) is 0 Å². The highest BCUT2D eigenvalue weighted by atomic mass is 15.3. The van der Waals surface area contributed by atoms with Crippen molar-refractivity contribution in [2.75, 3.05) is 0 Å². The highest BCUT2D eigenvalue weighted by Gasteiger charge is 2.32. The molecule has 1 fully saturated rings. The Bertz CT molecular complexity index is 215. The minimum atomic E-state index is 0.189. The number of nitrogens with one attached hydrogen (secondary N) is 2. The number of hydrogen-bond acceptors (Lipinski definition) is 4. The van der Waals surface area contributed by atoms with Crippen LogP contribution in [0.3, 0.4) is 0 Å². The zero-order valence-electron chi connectivity index (χ0n) is 6.12. The standard InChI is InChI=1S/C6H11N5/c7-9-6(4-1-2-4)5-3-8-11-10-5/h3-4,6,9H,1-2,7H2,(H,8,10,11). The van der Waals surface area contributed by atoms with Crippen molar-refractivity contribution < 1.29 is 0 Å². The third-order valence-corrected chi connectivity index (χ3v) is 2.03. The Morgan fingerprint density at radius 2 is 2.55 bits per heavy atom. The highest BCUT2D eigenvalue weighted by molar-refractivity contribution is 5.04. The molecule has 1 aliphatic carbocycles. The van der Waals surface area contributed by atoms with Crippen LogP contribution in [0.4, 0.5) is 0 Å². The Morgan fingerprint density at radius 3 is 3.00 bits per heavy atom. The number of nitrogens with zero attached hydrogens (tertiary/aromatic N) is 2. The number of aromatic amines is 1. The lowest BCUT2D eigenvalue weighted by Crippen LogP contribution is -2.29. The molecule has 1 heterocycles. The van der Waals surface area contributed by atoms with E-state index in [1.165, 1.54) is 12.8 Å². The molecule has 5 heteroatoms. The molecule has 0 saturated heterocycles. The van der Waals surface area contributed by atoms with Crippen LogP contribution in [-0.4, -0.2) is 15.4 Å². The third-order valence-electron chi connectivity index (χ3n) is 2.03. The van der Waals surface area contributed by atoms with E-state index in [9.17, 15) is 0 Å². The van der Waals surface area contributed by atoms with E-state index in [2.05, 4.69) is 20.8 Å². The summed E-state index contributed by atoms with van der Waals surface area (Å²) < 4.78 is 0. The summed E-state index contributed by atoms with van der Waals surface area (Å²) in [7, 11) is 0. The number of hydrazine groups is 1. The topological polar surface area (TPSA) is 79.6 Å².